The van der Waals surface area contributed by atoms with Crippen molar-refractivity contribution in [2.45, 2.75) is 45.1 Å². The van der Waals surface area contributed by atoms with Gasteiger partial charge in [-0.1, -0.05) is 29.8 Å². The average molecular weight is 312 g/mol. The Bertz CT molecular complexity index is 595. The number of carbonyl (C=O) groups is 1. The van der Waals surface area contributed by atoms with Crippen molar-refractivity contribution in [3.8, 4) is 0 Å². The first kappa shape index (κ1) is 15.2. The van der Waals surface area contributed by atoms with E-state index < -0.39 is 0 Å². The van der Waals surface area contributed by atoms with Crippen LogP contribution >= 0.6 is 0 Å². The van der Waals surface area contributed by atoms with Gasteiger partial charge in [0.15, 0.2) is 0 Å². The molecule has 1 amide bonds. The first-order valence-electron chi connectivity index (χ1n) is 9.18. The number of fused-ring (bicyclic) bond motifs is 1. The summed E-state index contributed by atoms with van der Waals surface area (Å²) in [6, 6.07) is 9.37. The van der Waals surface area contributed by atoms with E-state index in [4.69, 9.17) is 0 Å². The fourth-order valence-electron chi connectivity index (χ4n) is 4.75. The van der Waals surface area contributed by atoms with Gasteiger partial charge in [0.05, 0.1) is 0 Å². The van der Waals surface area contributed by atoms with E-state index in [1.165, 1.54) is 43.6 Å². The zero-order chi connectivity index (χ0) is 16.0. The summed E-state index contributed by atoms with van der Waals surface area (Å²) < 4.78 is 0. The molecule has 0 aromatic heterocycles. The Morgan fingerprint density at radius 2 is 2.04 bits per heavy atom. The summed E-state index contributed by atoms with van der Waals surface area (Å²) in [4.78, 5) is 17.0. The molecule has 124 valence electrons. The highest BCUT2D eigenvalue weighted by Crippen LogP contribution is 2.42. The van der Waals surface area contributed by atoms with E-state index in [0.29, 0.717) is 17.9 Å². The van der Waals surface area contributed by atoms with E-state index >= 15 is 0 Å². The molecule has 3 nitrogen and oxygen atoms in total. The van der Waals surface area contributed by atoms with Gasteiger partial charge in [0.25, 0.3) is 0 Å². The molecule has 2 aliphatic heterocycles. The predicted octanol–water partition coefficient (Wildman–Crippen LogP) is 3.04. The number of piperidine rings is 1. The van der Waals surface area contributed by atoms with E-state index in [0.717, 1.165) is 18.9 Å². The van der Waals surface area contributed by atoms with Gasteiger partial charge in [-0.25, -0.2) is 0 Å². The van der Waals surface area contributed by atoms with Crippen molar-refractivity contribution in [3.05, 3.63) is 35.4 Å². The maximum atomic E-state index is 12.1. The number of aryl methyl sites for hydroxylation is 1. The van der Waals surface area contributed by atoms with Gasteiger partial charge in [0, 0.05) is 51.0 Å². The van der Waals surface area contributed by atoms with Crippen molar-refractivity contribution in [1.82, 2.24) is 9.80 Å². The summed E-state index contributed by atoms with van der Waals surface area (Å²) in [7, 11) is 0. The molecule has 2 heterocycles. The molecule has 2 saturated heterocycles. The second-order valence-corrected chi connectivity index (χ2v) is 7.91. The van der Waals surface area contributed by atoms with Crippen LogP contribution in [-0.2, 0) is 4.79 Å². The lowest BCUT2D eigenvalue weighted by Crippen LogP contribution is -2.48. The summed E-state index contributed by atoms with van der Waals surface area (Å²) in [6.07, 6.45) is 4.00. The van der Waals surface area contributed by atoms with Gasteiger partial charge < -0.3 is 9.80 Å². The summed E-state index contributed by atoms with van der Waals surface area (Å²) in [5.74, 6) is 2.32. The molecule has 1 aliphatic carbocycles. The minimum Gasteiger partial charge on any atom is -0.339 e. The monoisotopic (exact) mass is 312 g/mol. The second kappa shape index (κ2) is 5.94. The molecular formula is C20H28N2O. The van der Waals surface area contributed by atoms with E-state index in [-0.39, 0.29) is 5.91 Å². The van der Waals surface area contributed by atoms with Crippen molar-refractivity contribution in [2.75, 3.05) is 26.2 Å². The van der Waals surface area contributed by atoms with Crippen molar-refractivity contribution in [3.63, 3.8) is 0 Å². The van der Waals surface area contributed by atoms with Gasteiger partial charge in [0.1, 0.15) is 0 Å². The zero-order valence-corrected chi connectivity index (χ0v) is 14.4. The average Bonchev–Trinajstić information content (AvgIpc) is 3.25. The van der Waals surface area contributed by atoms with Crippen LogP contribution in [0, 0.1) is 18.8 Å². The lowest BCUT2D eigenvalue weighted by atomic mass is 9.81. The number of rotatable bonds is 3. The van der Waals surface area contributed by atoms with Gasteiger partial charge in [0.2, 0.25) is 5.91 Å². The molecule has 23 heavy (non-hydrogen) atoms. The Kier molecular flexibility index (Phi) is 3.92. The molecule has 1 aromatic rings. The maximum absolute atomic E-state index is 12.1. The molecule has 3 fully saturated rings. The number of amides is 1. The minimum atomic E-state index is 0.255. The Morgan fingerprint density at radius 1 is 1.22 bits per heavy atom. The quantitative estimate of drug-likeness (QED) is 0.856. The van der Waals surface area contributed by atoms with Crippen LogP contribution in [0.25, 0.3) is 0 Å². The normalized spacial score (nSPS) is 31.2. The number of carbonyl (C=O) groups excluding carboxylic acids is 1. The highest BCUT2D eigenvalue weighted by atomic mass is 16.2. The van der Waals surface area contributed by atoms with Crippen LogP contribution in [0.5, 0.6) is 0 Å². The molecule has 0 unspecified atom stereocenters. The predicted molar refractivity (Wildman–Crippen MR) is 92.4 cm³/mol. The topological polar surface area (TPSA) is 23.6 Å². The molecule has 1 saturated carbocycles. The third-order valence-corrected chi connectivity index (χ3v) is 6.10. The Morgan fingerprint density at radius 3 is 2.74 bits per heavy atom. The van der Waals surface area contributed by atoms with Crippen LogP contribution in [0.4, 0.5) is 0 Å². The van der Waals surface area contributed by atoms with Gasteiger partial charge in [-0.15, -0.1) is 0 Å². The lowest BCUT2D eigenvalue weighted by molar-refractivity contribution is -0.130. The van der Waals surface area contributed by atoms with Crippen LogP contribution in [0.3, 0.4) is 0 Å². The molecule has 3 heteroatoms. The molecule has 1 aromatic carbocycles. The lowest BCUT2D eigenvalue weighted by Gasteiger charge is -2.39. The minimum absolute atomic E-state index is 0.255. The number of hydrogen-bond donors (Lipinski definition) is 0. The van der Waals surface area contributed by atoms with Gasteiger partial charge in [-0.05, 0) is 37.7 Å². The SMILES string of the molecule is CC(=O)N1C[C@@H](c2cccc(C)c2)[C@@H]2CN(CC3CC3)CC[C@@H]21. The molecule has 3 atom stereocenters. The highest BCUT2D eigenvalue weighted by Gasteiger charge is 2.46. The second-order valence-electron chi connectivity index (χ2n) is 7.91. The Balaban J connectivity index is 1.58. The Labute approximate surface area is 139 Å². The molecule has 3 aliphatic rings. The standard InChI is InChI=1S/C20H28N2O/c1-14-4-3-5-17(10-14)18-13-22(15(2)23)20-8-9-21(12-19(18)20)11-16-6-7-16/h3-5,10,16,18-20H,6-9,11-13H2,1-2H3/t18-,19-,20-/m0/s1. The fourth-order valence-corrected chi connectivity index (χ4v) is 4.75. The first-order valence-corrected chi connectivity index (χ1v) is 9.18. The van der Waals surface area contributed by atoms with Crippen molar-refractivity contribution >= 4 is 5.91 Å². The van der Waals surface area contributed by atoms with Gasteiger partial charge in [-0.3, -0.25) is 4.79 Å². The van der Waals surface area contributed by atoms with Crippen molar-refractivity contribution in [1.29, 1.82) is 0 Å². The molecule has 4 rings (SSSR count). The molecule has 0 N–H and O–H groups in total. The molecule has 0 bridgehead atoms. The van der Waals surface area contributed by atoms with Crippen LogP contribution < -0.4 is 0 Å². The van der Waals surface area contributed by atoms with Gasteiger partial charge >= 0.3 is 0 Å². The van der Waals surface area contributed by atoms with Crippen LogP contribution in [0.15, 0.2) is 24.3 Å². The summed E-state index contributed by atoms with van der Waals surface area (Å²) in [6.45, 7) is 8.44. The molecule has 0 radical (unpaired) electrons. The van der Waals surface area contributed by atoms with E-state index in [1.807, 2.05) is 0 Å². The largest absolute Gasteiger partial charge is 0.339 e. The molecule has 0 spiro atoms. The van der Waals surface area contributed by atoms with Crippen LogP contribution in [0.2, 0.25) is 0 Å². The maximum Gasteiger partial charge on any atom is 0.219 e. The number of likely N-dealkylation sites (tertiary alicyclic amines) is 2. The smallest absolute Gasteiger partial charge is 0.219 e. The van der Waals surface area contributed by atoms with E-state index in [9.17, 15) is 4.79 Å². The fraction of sp³-hybridized carbons (Fsp3) is 0.650. The summed E-state index contributed by atoms with van der Waals surface area (Å²) >= 11 is 0. The third kappa shape index (κ3) is 3.03. The third-order valence-electron chi connectivity index (χ3n) is 6.10. The zero-order valence-electron chi connectivity index (χ0n) is 14.4. The van der Waals surface area contributed by atoms with Crippen LogP contribution in [0.1, 0.15) is 43.2 Å². The first-order chi connectivity index (χ1) is 11.1. The van der Waals surface area contributed by atoms with E-state index in [2.05, 4.69) is 41.0 Å². The van der Waals surface area contributed by atoms with Crippen molar-refractivity contribution in [2.24, 2.45) is 11.8 Å². The number of benzene rings is 1. The number of nitrogens with zero attached hydrogens (tertiary/aromatic N) is 2. The number of hydrogen-bond acceptors (Lipinski definition) is 2. The van der Waals surface area contributed by atoms with Crippen molar-refractivity contribution < 1.29 is 4.79 Å². The molecular weight excluding hydrogens is 284 g/mol. The summed E-state index contributed by atoms with van der Waals surface area (Å²) in [5, 5.41) is 0. The summed E-state index contributed by atoms with van der Waals surface area (Å²) in [5.41, 5.74) is 2.75. The highest BCUT2D eigenvalue weighted by molar-refractivity contribution is 5.74. The Hall–Kier alpha value is -1.35. The van der Waals surface area contributed by atoms with Gasteiger partial charge in [-0.2, -0.15) is 0 Å². The van der Waals surface area contributed by atoms with E-state index in [1.54, 1.807) is 6.92 Å². The van der Waals surface area contributed by atoms with Crippen LogP contribution in [-0.4, -0.2) is 47.9 Å².